The van der Waals surface area contributed by atoms with E-state index in [0.717, 1.165) is 62.5 Å². The van der Waals surface area contributed by atoms with Crippen LogP contribution in [0.25, 0.3) is 0 Å². The summed E-state index contributed by atoms with van der Waals surface area (Å²) in [5.74, 6) is 1.45. The monoisotopic (exact) mass is 421 g/mol. The molecule has 0 aliphatic carbocycles. The fourth-order valence-electron chi connectivity index (χ4n) is 4.25. The summed E-state index contributed by atoms with van der Waals surface area (Å²) in [7, 11) is 1.84. The lowest BCUT2D eigenvalue weighted by Crippen LogP contribution is -2.50. The number of hydrogen-bond donors (Lipinski definition) is 2. The van der Waals surface area contributed by atoms with Crippen LogP contribution in [0.5, 0.6) is 0 Å². The highest BCUT2D eigenvalue weighted by atomic mass is 35.5. The first kappa shape index (κ1) is 22.3. The molecule has 2 N–H and O–H groups in total. The number of nitrogens with zero attached hydrogens (tertiary/aromatic N) is 3. The predicted molar refractivity (Wildman–Crippen MR) is 121 cm³/mol. The van der Waals surface area contributed by atoms with Crippen LogP contribution in [0.15, 0.2) is 29.3 Å². The second-order valence-electron chi connectivity index (χ2n) is 8.41. The van der Waals surface area contributed by atoms with Crippen molar-refractivity contribution in [1.29, 1.82) is 0 Å². The second-order valence-corrected chi connectivity index (χ2v) is 8.82. The summed E-state index contributed by atoms with van der Waals surface area (Å²) in [4.78, 5) is 9.46. The molecule has 2 saturated heterocycles. The Morgan fingerprint density at radius 3 is 2.55 bits per heavy atom. The largest absolute Gasteiger partial charge is 0.379 e. The number of morpholine rings is 1. The highest BCUT2D eigenvalue weighted by Crippen LogP contribution is 2.28. The van der Waals surface area contributed by atoms with Gasteiger partial charge in [0.1, 0.15) is 0 Å². The molecule has 2 fully saturated rings. The van der Waals surface area contributed by atoms with Gasteiger partial charge in [-0.1, -0.05) is 36.7 Å². The Labute approximate surface area is 180 Å². The third-order valence-corrected chi connectivity index (χ3v) is 6.47. The van der Waals surface area contributed by atoms with E-state index >= 15 is 0 Å². The predicted octanol–water partition coefficient (Wildman–Crippen LogP) is 2.61. The lowest BCUT2D eigenvalue weighted by atomic mass is 10.0. The van der Waals surface area contributed by atoms with Crippen LogP contribution in [0.3, 0.4) is 0 Å². The number of halogens is 1. The molecule has 0 aromatic heterocycles. The molecule has 0 bridgehead atoms. The van der Waals surface area contributed by atoms with Crippen LogP contribution in [0.4, 0.5) is 0 Å². The lowest BCUT2D eigenvalue weighted by molar-refractivity contribution is 0.0170. The Balaban J connectivity index is 1.65. The molecule has 3 atom stereocenters. The fraction of sp³-hybridized carbons (Fsp3) is 0.682. The summed E-state index contributed by atoms with van der Waals surface area (Å²) in [6.07, 6.45) is 0. The Kier molecular flexibility index (Phi) is 8.18. The van der Waals surface area contributed by atoms with E-state index in [4.69, 9.17) is 16.3 Å². The normalized spacial score (nSPS) is 25.4. The quantitative estimate of drug-likeness (QED) is 0.546. The van der Waals surface area contributed by atoms with Crippen LogP contribution < -0.4 is 10.6 Å². The molecule has 29 heavy (non-hydrogen) atoms. The Morgan fingerprint density at radius 1 is 1.21 bits per heavy atom. The SMILES string of the molecule is CN=C(NCC(c1ccccc1Cl)N1CCOCC1)NC1CN(C(C)C)CC1C. The van der Waals surface area contributed by atoms with Crippen LogP contribution in [0.2, 0.25) is 5.02 Å². The van der Waals surface area contributed by atoms with E-state index in [1.807, 2.05) is 19.2 Å². The van der Waals surface area contributed by atoms with Crippen molar-refractivity contribution in [2.75, 3.05) is 53.0 Å². The molecule has 2 aliphatic heterocycles. The Hall–Kier alpha value is -1.34. The summed E-state index contributed by atoms with van der Waals surface area (Å²) >= 11 is 6.55. The maximum atomic E-state index is 6.55. The van der Waals surface area contributed by atoms with E-state index in [9.17, 15) is 0 Å². The summed E-state index contributed by atoms with van der Waals surface area (Å²) in [6.45, 7) is 13.1. The van der Waals surface area contributed by atoms with Gasteiger partial charge in [0.2, 0.25) is 0 Å². The highest BCUT2D eigenvalue weighted by molar-refractivity contribution is 6.31. The molecule has 0 amide bonds. The number of rotatable bonds is 6. The van der Waals surface area contributed by atoms with Gasteiger partial charge in [-0.05, 0) is 31.4 Å². The van der Waals surface area contributed by atoms with E-state index < -0.39 is 0 Å². The molecule has 3 rings (SSSR count). The first-order valence-corrected chi connectivity index (χ1v) is 11.1. The molecule has 3 unspecified atom stereocenters. The first-order valence-electron chi connectivity index (χ1n) is 10.8. The van der Waals surface area contributed by atoms with E-state index in [0.29, 0.717) is 18.0 Å². The van der Waals surface area contributed by atoms with Gasteiger partial charge in [0.05, 0.1) is 19.3 Å². The Morgan fingerprint density at radius 2 is 1.93 bits per heavy atom. The zero-order valence-corrected chi connectivity index (χ0v) is 19.0. The van der Waals surface area contributed by atoms with Crippen LogP contribution >= 0.6 is 11.6 Å². The molecule has 1 aromatic rings. The molecule has 2 aliphatic rings. The number of nitrogens with one attached hydrogen (secondary N) is 2. The van der Waals surface area contributed by atoms with Gasteiger partial charge < -0.3 is 15.4 Å². The zero-order chi connectivity index (χ0) is 20.8. The van der Waals surface area contributed by atoms with Gasteiger partial charge in [0.15, 0.2) is 5.96 Å². The molecular formula is C22H36ClN5O. The van der Waals surface area contributed by atoms with E-state index in [-0.39, 0.29) is 6.04 Å². The summed E-state index contributed by atoms with van der Waals surface area (Å²) in [6, 6.07) is 9.30. The van der Waals surface area contributed by atoms with Crippen molar-refractivity contribution in [3.63, 3.8) is 0 Å². The minimum atomic E-state index is 0.180. The number of guanidine groups is 1. The maximum absolute atomic E-state index is 6.55. The summed E-state index contributed by atoms with van der Waals surface area (Å²) in [5, 5.41) is 8.02. The van der Waals surface area contributed by atoms with Gasteiger partial charge in [-0.15, -0.1) is 0 Å². The van der Waals surface area contributed by atoms with Crippen LogP contribution in [0, 0.1) is 5.92 Å². The molecule has 2 heterocycles. The number of likely N-dealkylation sites (tertiary alicyclic amines) is 1. The third-order valence-electron chi connectivity index (χ3n) is 6.13. The number of ether oxygens (including phenoxy) is 1. The lowest BCUT2D eigenvalue weighted by Gasteiger charge is -2.35. The van der Waals surface area contributed by atoms with Crippen molar-refractivity contribution in [2.45, 2.75) is 38.9 Å². The van der Waals surface area contributed by atoms with E-state index in [1.54, 1.807) is 0 Å². The van der Waals surface area contributed by atoms with Crippen molar-refractivity contribution >= 4 is 17.6 Å². The zero-order valence-electron chi connectivity index (χ0n) is 18.2. The summed E-state index contributed by atoms with van der Waals surface area (Å²) in [5.41, 5.74) is 1.15. The molecule has 0 radical (unpaired) electrons. The fourth-order valence-corrected chi connectivity index (χ4v) is 4.51. The molecule has 6 nitrogen and oxygen atoms in total. The second kappa shape index (κ2) is 10.6. The van der Waals surface area contributed by atoms with Crippen molar-refractivity contribution in [3.8, 4) is 0 Å². The molecule has 7 heteroatoms. The molecular weight excluding hydrogens is 386 g/mol. The third kappa shape index (κ3) is 5.85. The number of hydrogen-bond acceptors (Lipinski definition) is 4. The van der Waals surface area contributed by atoms with Crippen LogP contribution in [0.1, 0.15) is 32.4 Å². The van der Waals surface area contributed by atoms with E-state index in [2.05, 4.69) is 58.3 Å². The van der Waals surface area contributed by atoms with Crippen LogP contribution in [-0.2, 0) is 4.74 Å². The minimum Gasteiger partial charge on any atom is -0.379 e. The molecule has 0 saturated carbocycles. The van der Waals surface area contributed by atoms with Gasteiger partial charge in [-0.2, -0.15) is 0 Å². The molecule has 1 aromatic carbocycles. The Bertz CT molecular complexity index is 677. The standard InChI is InChI=1S/C22H36ClN5O/c1-16(2)28-14-17(3)20(15-28)26-22(24-4)25-13-21(27-9-11-29-12-10-27)18-7-5-6-8-19(18)23/h5-8,16-17,20-21H,9-15H2,1-4H3,(H2,24,25,26). The average Bonchev–Trinajstić information content (AvgIpc) is 3.10. The number of benzene rings is 1. The van der Waals surface area contributed by atoms with Gasteiger partial charge in [0.25, 0.3) is 0 Å². The van der Waals surface area contributed by atoms with Crippen molar-refractivity contribution in [1.82, 2.24) is 20.4 Å². The minimum absolute atomic E-state index is 0.180. The molecule has 0 spiro atoms. The van der Waals surface area contributed by atoms with Crippen molar-refractivity contribution in [2.24, 2.45) is 10.9 Å². The van der Waals surface area contributed by atoms with Crippen molar-refractivity contribution < 1.29 is 4.74 Å². The van der Waals surface area contributed by atoms with Gasteiger partial charge in [-0.25, -0.2) is 0 Å². The topological polar surface area (TPSA) is 52.1 Å². The van der Waals surface area contributed by atoms with Gasteiger partial charge >= 0.3 is 0 Å². The summed E-state index contributed by atoms with van der Waals surface area (Å²) < 4.78 is 5.56. The maximum Gasteiger partial charge on any atom is 0.191 e. The van der Waals surface area contributed by atoms with Crippen LogP contribution in [-0.4, -0.2) is 80.8 Å². The van der Waals surface area contributed by atoms with E-state index in [1.165, 1.54) is 0 Å². The highest BCUT2D eigenvalue weighted by Gasteiger charge is 2.31. The first-order chi connectivity index (χ1) is 14.0. The smallest absolute Gasteiger partial charge is 0.191 e. The molecule has 162 valence electrons. The average molecular weight is 422 g/mol. The van der Waals surface area contributed by atoms with Gasteiger partial charge in [0, 0.05) is 56.9 Å². The van der Waals surface area contributed by atoms with Crippen molar-refractivity contribution in [3.05, 3.63) is 34.9 Å². The van der Waals surface area contributed by atoms with Gasteiger partial charge in [-0.3, -0.25) is 14.8 Å². The number of aliphatic imine (C=N–C) groups is 1.